The quantitative estimate of drug-likeness (QED) is 0.843. The standard InChI is InChI=1S/C14H18FNS/c1-3-5-11-12-8-10(15)6-7-13(12)17-14(11)9-16-4-2/h6-8,16H,3-5,9H2,1-2H3. The molecule has 2 aromatic rings. The summed E-state index contributed by atoms with van der Waals surface area (Å²) in [5.74, 6) is -0.136. The summed E-state index contributed by atoms with van der Waals surface area (Å²) in [5.41, 5.74) is 1.33. The third-order valence-corrected chi connectivity index (χ3v) is 4.09. The van der Waals surface area contributed by atoms with Crippen LogP contribution in [0.15, 0.2) is 18.2 Å². The molecule has 0 aliphatic rings. The summed E-state index contributed by atoms with van der Waals surface area (Å²) >= 11 is 1.78. The Labute approximate surface area is 106 Å². The van der Waals surface area contributed by atoms with Crippen molar-refractivity contribution in [3.63, 3.8) is 0 Å². The SMILES string of the molecule is CCCc1c(CNCC)sc2ccc(F)cc12. The lowest BCUT2D eigenvalue weighted by atomic mass is 10.1. The Kier molecular flexibility index (Phi) is 4.13. The van der Waals surface area contributed by atoms with Crippen molar-refractivity contribution in [2.24, 2.45) is 0 Å². The molecular formula is C14H18FNS. The average molecular weight is 251 g/mol. The van der Waals surface area contributed by atoms with Gasteiger partial charge in [0.2, 0.25) is 0 Å². The predicted molar refractivity (Wildman–Crippen MR) is 73.2 cm³/mol. The highest BCUT2D eigenvalue weighted by atomic mass is 32.1. The van der Waals surface area contributed by atoms with E-state index in [2.05, 4.69) is 19.2 Å². The van der Waals surface area contributed by atoms with Crippen LogP contribution >= 0.6 is 11.3 Å². The van der Waals surface area contributed by atoms with Gasteiger partial charge in [-0.25, -0.2) is 4.39 Å². The molecule has 1 N–H and O–H groups in total. The molecule has 3 heteroatoms. The summed E-state index contributed by atoms with van der Waals surface area (Å²) in [4.78, 5) is 1.36. The van der Waals surface area contributed by atoms with Gasteiger partial charge in [0.25, 0.3) is 0 Å². The van der Waals surface area contributed by atoms with Crippen LogP contribution in [0.5, 0.6) is 0 Å². The number of benzene rings is 1. The maximum absolute atomic E-state index is 13.3. The fourth-order valence-corrected chi connectivity index (χ4v) is 3.28. The lowest BCUT2D eigenvalue weighted by Gasteiger charge is -2.03. The smallest absolute Gasteiger partial charge is 0.123 e. The van der Waals surface area contributed by atoms with Gasteiger partial charge in [-0.1, -0.05) is 20.3 Å². The van der Waals surface area contributed by atoms with E-state index in [1.807, 2.05) is 6.07 Å². The Balaban J connectivity index is 2.46. The molecule has 92 valence electrons. The van der Waals surface area contributed by atoms with Gasteiger partial charge >= 0.3 is 0 Å². The zero-order chi connectivity index (χ0) is 12.3. The molecule has 17 heavy (non-hydrogen) atoms. The minimum absolute atomic E-state index is 0.136. The van der Waals surface area contributed by atoms with Crippen LogP contribution in [0.2, 0.25) is 0 Å². The molecule has 0 aliphatic carbocycles. The molecule has 1 heterocycles. The third kappa shape index (κ3) is 2.67. The summed E-state index contributed by atoms with van der Waals surface area (Å²) in [6.45, 7) is 6.13. The maximum Gasteiger partial charge on any atom is 0.123 e. The topological polar surface area (TPSA) is 12.0 Å². The van der Waals surface area contributed by atoms with Crippen LogP contribution in [0.1, 0.15) is 30.7 Å². The van der Waals surface area contributed by atoms with Crippen LogP contribution in [0.4, 0.5) is 4.39 Å². The van der Waals surface area contributed by atoms with Crippen molar-refractivity contribution in [3.05, 3.63) is 34.5 Å². The van der Waals surface area contributed by atoms with Gasteiger partial charge < -0.3 is 5.32 Å². The molecule has 0 amide bonds. The molecular weight excluding hydrogens is 233 g/mol. The van der Waals surface area contributed by atoms with E-state index in [4.69, 9.17) is 0 Å². The summed E-state index contributed by atoms with van der Waals surface area (Å²) in [5, 5.41) is 4.46. The third-order valence-electron chi connectivity index (χ3n) is 2.87. The van der Waals surface area contributed by atoms with Crippen molar-refractivity contribution in [1.29, 1.82) is 0 Å². The number of aryl methyl sites for hydroxylation is 1. The number of rotatable bonds is 5. The molecule has 1 aromatic carbocycles. The van der Waals surface area contributed by atoms with Crippen LogP contribution in [0.25, 0.3) is 10.1 Å². The molecule has 0 spiro atoms. The van der Waals surface area contributed by atoms with E-state index in [1.54, 1.807) is 23.5 Å². The van der Waals surface area contributed by atoms with Crippen molar-refractivity contribution in [1.82, 2.24) is 5.32 Å². The molecule has 1 aromatic heterocycles. The first-order valence-electron chi connectivity index (χ1n) is 6.16. The zero-order valence-electron chi connectivity index (χ0n) is 10.3. The lowest BCUT2D eigenvalue weighted by molar-refractivity contribution is 0.629. The number of halogens is 1. The highest BCUT2D eigenvalue weighted by Crippen LogP contribution is 2.32. The van der Waals surface area contributed by atoms with E-state index in [9.17, 15) is 4.39 Å². The Morgan fingerprint density at radius 2 is 2.12 bits per heavy atom. The van der Waals surface area contributed by atoms with Crippen molar-refractivity contribution >= 4 is 21.4 Å². The van der Waals surface area contributed by atoms with Gasteiger partial charge in [-0.05, 0) is 42.1 Å². The van der Waals surface area contributed by atoms with Crippen LogP contribution in [-0.2, 0) is 13.0 Å². The molecule has 0 fully saturated rings. The van der Waals surface area contributed by atoms with Crippen LogP contribution in [-0.4, -0.2) is 6.54 Å². The number of hydrogen-bond acceptors (Lipinski definition) is 2. The summed E-state index contributed by atoms with van der Waals surface area (Å²) < 4.78 is 14.5. The zero-order valence-corrected chi connectivity index (χ0v) is 11.2. The second-order valence-electron chi connectivity index (χ2n) is 4.17. The first-order chi connectivity index (χ1) is 8.26. The predicted octanol–water partition coefficient (Wildman–Crippen LogP) is 4.10. The molecule has 0 bridgehead atoms. The normalized spacial score (nSPS) is 11.2. The molecule has 2 rings (SSSR count). The van der Waals surface area contributed by atoms with Crippen molar-refractivity contribution < 1.29 is 4.39 Å². The van der Waals surface area contributed by atoms with Crippen LogP contribution < -0.4 is 5.32 Å². The Bertz CT molecular complexity index is 504. The van der Waals surface area contributed by atoms with E-state index in [0.29, 0.717) is 0 Å². The van der Waals surface area contributed by atoms with E-state index < -0.39 is 0 Å². The van der Waals surface area contributed by atoms with Gasteiger partial charge in [-0.2, -0.15) is 0 Å². The van der Waals surface area contributed by atoms with E-state index >= 15 is 0 Å². The minimum Gasteiger partial charge on any atom is -0.312 e. The van der Waals surface area contributed by atoms with E-state index in [1.165, 1.54) is 15.1 Å². The van der Waals surface area contributed by atoms with Gasteiger partial charge in [0.15, 0.2) is 0 Å². The lowest BCUT2D eigenvalue weighted by Crippen LogP contribution is -2.11. The van der Waals surface area contributed by atoms with Crippen LogP contribution in [0.3, 0.4) is 0 Å². The molecule has 0 atom stereocenters. The fraction of sp³-hybridized carbons (Fsp3) is 0.429. The summed E-state index contributed by atoms with van der Waals surface area (Å²) in [6.07, 6.45) is 2.13. The van der Waals surface area contributed by atoms with Gasteiger partial charge in [0.05, 0.1) is 0 Å². The Hall–Kier alpha value is -0.930. The molecule has 0 radical (unpaired) electrons. The Morgan fingerprint density at radius 1 is 1.29 bits per heavy atom. The highest BCUT2D eigenvalue weighted by Gasteiger charge is 2.11. The fourth-order valence-electron chi connectivity index (χ4n) is 2.08. The molecule has 0 unspecified atom stereocenters. The van der Waals surface area contributed by atoms with Crippen LogP contribution in [0, 0.1) is 5.82 Å². The van der Waals surface area contributed by atoms with Gasteiger partial charge in [-0.15, -0.1) is 11.3 Å². The average Bonchev–Trinajstić information content (AvgIpc) is 2.65. The van der Waals surface area contributed by atoms with Gasteiger partial charge in [0, 0.05) is 16.1 Å². The molecule has 0 aliphatic heterocycles. The van der Waals surface area contributed by atoms with Crippen molar-refractivity contribution in [3.8, 4) is 0 Å². The molecule has 0 saturated carbocycles. The second kappa shape index (κ2) is 5.61. The summed E-state index contributed by atoms with van der Waals surface area (Å²) in [6, 6.07) is 5.11. The maximum atomic E-state index is 13.3. The van der Waals surface area contributed by atoms with E-state index in [0.717, 1.165) is 31.3 Å². The number of hydrogen-bond donors (Lipinski definition) is 1. The first-order valence-corrected chi connectivity index (χ1v) is 6.98. The molecule has 0 saturated heterocycles. The van der Waals surface area contributed by atoms with Crippen molar-refractivity contribution in [2.45, 2.75) is 33.2 Å². The Morgan fingerprint density at radius 3 is 2.82 bits per heavy atom. The number of fused-ring (bicyclic) bond motifs is 1. The van der Waals surface area contributed by atoms with Crippen molar-refractivity contribution in [2.75, 3.05) is 6.54 Å². The number of nitrogens with one attached hydrogen (secondary N) is 1. The van der Waals surface area contributed by atoms with Gasteiger partial charge in [0.1, 0.15) is 5.82 Å². The van der Waals surface area contributed by atoms with Gasteiger partial charge in [-0.3, -0.25) is 0 Å². The largest absolute Gasteiger partial charge is 0.312 e. The van der Waals surface area contributed by atoms with E-state index in [-0.39, 0.29) is 5.82 Å². The molecule has 1 nitrogen and oxygen atoms in total. The highest BCUT2D eigenvalue weighted by molar-refractivity contribution is 7.19. The monoisotopic (exact) mass is 251 g/mol. The first kappa shape index (κ1) is 12.5. The second-order valence-corrected chi connectivity index (χ2v) is 5.31. The minimum atomic E-state index is -0.136. The summed E-state index contributed by atoms with van der Waals surface area (Å²) in [7, 11) is 0. The number of thiophene rings is 1.